The fourth-order valence-electron chi connectivity index (χ4n) is 11.3. The Balaban J connectivity index is 1.75. The molecular weight excluding hydrogens is 1040 g/mol. The normalized spacial score (nSPS) is 16.7. The van der Waals surface area contributed by atoms with Gasteiger partial charge >= 0.3 is 18.5 Å². The van der Waals surface area contributed by atoms with Crippen LogP contribution in [0.4, 0.5) is 31.4 Å². The Morgan fingerprint density at radius 1 is 0.373 bits per heavy atom. The molecule has 12 heteroatoms. The van der Waals surface area contributed by atoms with E-state index in [9.17, 15) is 14.4 Å². The van der Waals surface area contributed by atoms with Crippen LogP contribution in [0.3, 0.4) is 0 Å². The molecule has 4 rings (SSSR count). The molecule has 83 heavy (non-hydrogen) atoms. The smallest absolute Gasteiger partial charge is 0.428 e. The van der Waals surface area contributed by atoms with E-state index in [4.69, 9.17) is 28.4 Å². The van der Waals surface area contributed by atoms with Gasteiger partial charge in [-0.15, -0.1) is 0 Å². The topological polar surface area (TPSA) is 116 Å². The molecule has 3 aromatic carbocycles. The van der Waals surface area contributed by atoms with Crippen molar-refractivity contribution in [2.75, 3.05) is 54.0 Å². The molecule has 0 radical (unpaired) electrons. The van der Waals surface area contributed by atoms with Crippen molar-refractivity contribution in [3.63, 3.8) is 0 Å². The number of ether oxygens (including phenoxy) is 6. The lowest BCUT2D eigenvalue weighted by atomic mass is 9.71. The van der Waals surface area contributed by atoms with Gasteiger partial charge in [-0.05, 0) is 209 Å². The molecule has 0 aromatic heterocycles. The second kappa shape index (κ2) is 27.1. The van der Waals surface area contributed by atoms with Crippen molar-refractivity contribution in [3.05, 3.63) is 70.3 Å². The molecule has 0 amide bonds. The van der Waals surface area contributed by atoms with Crippen molar-refractivity contribution in [1.82, 2.24) is 0 Å². The molecule has 2 unspecified atom stereocenters. The minimum absolute atomic E-state index is 0.285. The zero-order valence-corrected chi connectivity index (χ0v) is 57.3. The van der Waals surface area contributed by atoms with Gasteiger partial charge in [0.15, 0.2) is 0 Å². The highest BCUT2D eigenvalue weighted by molar-refractivity contribution is 5.71. The van der Waals surface area contributed by atoms with Crippen LogP contribution in [0, 0.1) is 17.8 Å². The molecule has 0 spiro atoms. The van der Waals surface area contributed by atoms with Gasteiger partial charge in [0.1, 0.15) is 34.1 Å². The second-order valence-electron chi connectivity index (χ2n) is 31.8. The summed E-state index contributed by atoms with van der Waals surface area (Å²) >= 11 is 0. The summed E-state index contributed by atoms with van der Waals surface area (Å²) in [6.07, 6.45) is 4.56. The summed E-state index contributed by atoms with van der Waals surface area (Å²) in [7, 11) is 0. The second-order valence-corrected chi connectivity index (χ2v) is 31.8. The van der Waals surface area contributed by atoms with Gasteiger partial charge in [-0.2, -0.15) is 0 Å². The fourth-order valence-corrected chi connectivity index (χ4v) is 11.3. The maximum Gasteiger partial charge on any atom is 0.514 e. The molecule has 12 nitrogen and oxygen atoms in total. The Bertz CT molecular complexity index is 2450. The summed E-state index contributed by atoms with van der Waals surface area (Å²) in [6.45, 7) is 61.3. The van der Waals surface area contributed by atoms with Crippen molar-refractivity contribution in [1.29, 1.82) is 0 Å². The lowest BCUT2D eigenvalue weighted by Crippen LogP contribution is -2.34. The van der Waals surface area contributed by atoms with E-state index in [2.05, 4.69) is 176 Å². The van der Waals surface area contributed by atoms with Gasteiger partial charge < -0.3 is 43.1 Å². The van der Waals surface area contributed by atoms with Gasteiger partial charge in [0, 0.05) is 84.1 Å². The summed E-state index contributed by atoms with van der Waals surface area (Å²) in [6, 6.07) is 15.2. The number of carbonyl (C=O) groups is 3. The average Bonchev–Trinajstić information content (AvgIpc) is 3.25. The van der Waals surface area contributed by atoms with Gasteiger partial charge in [0.2, 0.25) is 0 Å². The van der Waals surface area contributed by atoms with E-state index in [0.29, 0.717) is 35.0 Å². The van der Waals surface area contributed by atoms with Gasteiger partial charge in [0.25, 0.3) is 0 Å². The first-order chi connectivity index (χ1) is 37.7. The Morgan fingerprint density at radius 2 is 0.627 bits per heavy atom. The predicted molar refractivity (Wildman–Crippen MR) is 345 cm³/mol. The lowest BCUT2D eigenvalue weighted by Gasteiger charge is -2.39. The zero-order valence-electron chi connectivity index (χ0n) is 57.3. The SMILES string of the molecule is CCN(CCC1CC(CCN(CC)c2cc(C(C)(C)C)c(OC(=O)OC(C)(C)C)c(C(C)(C)C)c2)CC(CCN(CC)c2cc(C(C)(C)C)c(OC(=O)OC(C)(C)C)c(C(C)(C)C)c2)C1)c1ccc(OC(=O)OC(C)(C)C)c(C(C)(C)C)c1. The molecule has 1 aliphatic rings. The summed E-state index contributed by atoms with van der Waals surface area (Å²) in [5.41, 5.74) is 4.68. The van der Waals surface area contributed by atoms with Crippen LogP contribution in [0.1, 0.15) is 253 Å². The minimum Gasteiger partial charge on any atom is -0.428 e. The van der Waals surface area contributed by atoms with Gasteiger partial charge in [-0.3, -0.25) is 0 Å². The highest BCUT2D eigenvalue weighted by Gasteiger charge is 2.36. The number of hydrogen-bond acceptors (Lipinski definition) is 12. The highest BCUT2D eigenvalue weighted by atomic mass is 16.7. The van der Waals surface area contributed by atoms with E-state index in [0.717, 1.165) is 123 Å². The monoisotopic (exact) mass is 1150 g/mol. The Morgan fingerprint density at radius 3 is 0.880 bits per heavy atom. The summed E-state index contributed by atoms with van der Waals surface area (Å²) in [5.74, 6) is 3.25. The first-order valence-electron chi connectivity index (χ1n) is 31.2. The molecule has 0 heterocycles. The van der Waals surface area contributed by atoms with Gasteiger partial charge in [-0.1, -0.05) is 104 Å². The van der Waals surface area contributed by atoms with E-state index in [1.807, 2.05) is 68.4 Å². The van der Waals surface area contributed by atoms with E-state index in [1.54, 1.807) is 0 Å². The molecule has 1 saturated carbocycles. The number of rotatable bonds is 18. The molecule has 1 fully saturated rings. The number of anilines is 3. The number of carbonyl (C=O) groups excluding carboxylic acids is 3. The van der Waals surface area contributed by atoms with Crippen LogP contribution in [0.15, 0.2) is 42.5 Å². The quantitative estimate of drug-likeness (QED) is 0.0686. The van der Waals surface area contributed by atoms with E-state index in [-0.39, 0.29) is 27.1 Å². The third-order valence-corrected chi connectivity index (χ3v) is 15.5. The largest absolute Gasteiger partial charge is 0.514 e. The van der Waals surface area contributed by atoms with Crippen molar-refractivity contribution in [2.24, 2.45) is 17.8 Å². The van der Waals surface area contributed by atoms with Gasteiger partial charge in [-0.25, -0.2) is 14.4 Å². The molecule has 2 atom stereocenters. The highest BCUT2D eigenvalue weighted by Crippen LogP contribution is 2.47. The Kier molecular flexibility index (Phi) is 22.9. The van der Waals surface area contributed by atoms with Crippen molar-refractivity contribution in [2.45, 2.75) is 269 Å². The molecule has 0 N–H and O–H groups in total. The van der Waals surface area contributed by atoms with E-state index < -0.39 is 35.3 Å². The number of benzene rings is 3. The maximum absolute atomic E-state index is 13.3. The lowest BCUT2D eigenvalue weighted by molar-refractivity contribution is 0.0186. The zero-order chi connectivity index (χ0) is 63.2. The standard InChI is InChI=1S/C71H115N3O9/c1-28-72(50-31-32-58(53(42-50)64(4,5)6)78-61(75)81-69(19,20)21)36-33-47-39-48(34-37-73(29-2)51-43-54(65(7,8)9)59(55(44-51)66(10,11)12)79-62(76)82-70(22,23)24)41-49(40-47)35-38-74(30-3)52-45-56(67(13,14)15)60(57(46-52)68(16,17)18)80-63(77)83-71(25,26)27/h31-32,42-49H,28-30,33-41H2,1-27H3. The first kappa shape index (κ1) is 70.4. The molecule has 0 bridgehead atoms. The molecule has 468 valence electrons. The average molecular weight is 1150 g/mol. The number of hydrogen-bond donors (Lipinski definition) is 0. The van der Waals surface area contributed by atoms with Crippen LogP contribution in [-0.2, 0) is 41.3 Å². The Hall–Kier alpha value is -5.13. The summed E-state index contributed by atoms with van der Waals surface area (Å²) in [5, 5.41) is 0. The van der Waals surface area contributed by atoms with E-state index in [1.165, 1.54) is 0 Å². The summed E-state index contributed by atoms with van der Waals surface area (Å²) < 4.78 is 35.2. The number of nitrogens with zero attached hydrogens (tertiary/aromatic N) is 3. The van der Waals surface area contributed by atoms with Crippen LogP contribution < -0.4 is 28.9 Å². The van der Waals surface area contributed by atoms with Crippen LogP contribution in [0.2, 0.25) is 0 Å². The van der Waals surface area contributed by atoms with Crippen molar-refractivity contribution < 1.29 is 42.8 Å². The van der Waals surface area contributed by atoms with Gasteiger partial charge in [0.05, 0.1) is 0 Å². The fraction of sp³-hybridized carbons (Fsp3) is 0.704. The molecule has 1 aliphatic carbocycles. The van der Waals surface area contributed by atoms with Crippen molar-refractivity contribution >= 4 is 35.5 Å². The van der Waals surface area contributed by atoms with E-state index >= 15 is 0 Å². The van der Waals surface area contributed by atoms with Crippen LogP contribution in [0.25, 0.3) is 0 Å². The molecule has 0 aliphatic heterocycles. The molecular formula is C71H115N3O9. The van der Waals surface area contributed by atoms with Crippen molar-refractivity contribution in [3.8, 4) is 17.2 Å². The van der Waals surface area contributed by atoms with Crippen LogP contribution in [-0.4, -0.2) is 74.5 Å². The third-order valence-electron chi connectivity index (χ3n) is 15.5. The van der Waals surface area contributed by atoms with Crippen LogP contribution in [0.5, 0.6) is 17.2 Å². The predicted octanol–water partition coefficient (Wildman–Crippen LogP) is 19.2. The molecule has 3 aromatic rings. The minimum atomic E-state index is -0.701. The maximum atomic E-state index is 13.3. The first-order valence-corrected chi connectivity index (χ1v) is 31.2. The third kappa shape index (κ3) is 21.4. The van der Waals surface area contributed by atoms with Crippen LogP contribution >= 0.6 is 0 Å². The summed E-state index contributed by atoms with van der Waals surface area (Å²) in [4.78, 5) is 47.1. The molecule has 0 saturated heterocycles. The Labute approximate surface area is 504 Å².